The number of hydrogen-bond donors (Lipinski definition) is 0. The second-order valence-electron chi connectivity index (χ2n) is 7.47. The van der Waals surface area contributed by atoms with Crippen molar-refractivity contribution < 1.29 is 33.5 Å². The summed E-state index contributed by atoms with van der Waals surface area (Å²) in [6, 6.07) is 17.8. The number of nitrogens with zero attached hydrogens (tertiary/aromatic N) is 2. The van der Waals surface area contributed by atoms with Crippen LogP contribution in [0.15, 0.2) is 77.4 Å². The lowest BCUT2D eigenvalue weighted by molar-refractivity contribution is -0.385. The summed E-state index contributed by atoms with van der Waals surface area (Å²) in [5, 5.41) is 11.3. The molecule has 0 radical (unpaired) electrons. The van der Waals surface area contributed by atoms with E-state index in [1.807, 2.05) is 6.07 Å². The van der Waals surface area contributed by atoms with Gasteiger partial charge >= 0.3 is 11.7 Å². The first-order chi connectivity index (χ1) is 17.4. The molecule has 0 atom stereocenters. The maximum Gasteiger partial charge on any atom is 0.363 e. The Morgan fingerprint density at radius 2 is 1.72 bits per heavy atom. The molecule has 0 aromatic heterocycles. The topological polar surface area (TPSA) is 127 Å². The minimum absolute atomic E-state index is 0.00144. The van der Waals surface area contributed by atoms with Gasteiger partial charge in [0.1, 0.15) is 0 Å². The minimum atomic E-state index is -0.712. The number of benzene rings is 3. The number of carbonyl (C=O) groups excluding carboxylic acids is 2. The van der Waals surface area contributed by atoms with Gasteiger partial charge in [0.2, 0.25) is 5.90 Å². The standard InChI is InChI=1S/C26H20N2O8/c1-33-22-11-9-18(14-20(22)28(31)32)25-27-19(26(30)36-25)12-16-8-10-23(24(13-16)34-2)35-15-21(29)17-6-4-3-5-7-17/h3-14H,15H2,1-2H3/b19-12+. The van der Waals surface area contributed by atoms with Gasteiger partial charge in [0.05, 0.1) is 19.1 Å². The van der Waals surface area contributed by atoms with Crippen molar-refractivity contribution in [2.75, 3.05) is 20.8 Å². The lowest BCUT2D eigenvalue weighted by atomic mass is 10.1. The Labute approximate surface area is 205 Å². The molecular formula is C26H20N2O8. The Hall–Kier alpha value is -4.99. The highest BCUT2D eigenvalue weighted by atomic mass is 16.6. The predicted molar refractivity (Wildman–Crippen MR) is 130 cm³/mol. The third-order valence-electron chi connectivity index (χ3n) is 5.19. The van der Waals surface area contributed by atoms with Crippen LogP contribution >= 0.6 is 0 Å². The molecule has 0 spiro atoms. The molecule has 0 saturated heterocycles. The van der Waals surface area contributed by atoms with Gasteiger partial charge in [0.15, 0.2) is 35.3 Å². The van der Waals surface area contributed by atoms with Gasteiger partial charge in [0, 0.05) is 17.2 Å². The van der Waals surface area contributed by atoms with Gasteiger partial charge in [-0.25, -0.2) is 9.79 Å². The second kappa shape index (κ2) is 10.5. The molecule has 0 unspecified atom stereocenters. The summed E-state index contributed by atoms with van der Waals surface area (Å²) >= 11 is 0. The summed E-state index contributed by atoms with van der Waals surface area (Å²) in [5.41, 5.74) is 1.07. The first kappa shape index (κ1) is 24.1. The molecule has 0 aliphatic carbocycles. The van der Waals surface area contributed by atoms with Crippen molar-refractivity contribution in [3.8, 4) is 17.2 Å². The number of rotatable bonds is 9. The molecule has 36 heavy (non-hydrogen) atoms. The summed E-state index contributed by atoms with van der Waals surface area (Å²) in [4.78, 5) is 39.6. The Bertz CT molecular complexity index is 1400. The number of hydrogen-bond acceptors (Lipinski definition) is 9. The van der Waals surface area contributed by atoms with Gasteiger partial charge in [-0.2, -0.15) is 0 Å². The monoisotopic (exact) mass is 488 g/mol. The van der Waals surface area contributed by atoms with Gasteiger partial charge in [-0.05, 0) is 35.9 Å². The first-order valence-electron chi connectivity index (χ1n) is 10.6. The van der Waals surface area contributed by atoms with Gasteiger partial charge in [0.25, 0.3) is 0 Å². The van der Waals surface area contributed by atoms with Crippen molar-refractivity contribution in [3.63, 3.8) is 0 Å². The predicted octanol–water partition coefficient (Wildman–Crippen LogP) is 4.22. The molecule has 0 amide bonds. The third kappa shape index (κ3) is 5.22. The minimum Gasteiger partial charge on any atom is -0.493 e. The fraction of sp³-hybridized carbons (Fsp3) is 0.115. The van der Waals surface area contributed by atoms with E-state index in [4.69, 9.17) is 18.9 Å². The molecule has 1 aliphatic rings. The molecule has 0 fully saturated rings. The van der Waals surface area contributed by atoms with Crippen LogP contribution in [0.2, 0.25) is 0 Å². The van der Waals surface area contributed by atoms with Crippen LogP contribution in [0.1, 0.15) is 21.5 Å². The zero-order chi connectivity index (χ0) is 25.7. The maximum absolute atomic E-state index is 12.4. The SMILES string of the molecule is COc1cc(/C=C2/N=C(c3ccc(OC)c([N+](=O)[O-])c3)OC2=O)ccc1OCC(=O)c1ccccc1. The number of ketones is 1. The van der Waals surface area contributed by atoms with Crippen molar-refractivity contribution >= 4 is 29.4 Å². The molecule has 3 aromatic carbocycles. The van der Waals surface area contributed by atoms with E-state index in [1.54, 1.807) is 42.5 Å². The molecule has 1 heterocycles. The average molecular weight is 488 g/mol. The van der Waals surface area contributed by atoms with Crippen molar-refractivity contribution in [3.05, 3.63) is 99.2 Å². The van der Waals surface area contributed by atoms with E-state index < -0.39 is 10.9 Å². The average Bonchev–Trinajstić information content (AvgIpc) is 3.27. The summed E-state index contributed by atoms with van der Waals surface area (Å²) in [7, 11) is 2.77. The van der Waals surface area contributed by atoms with Gasteiger partial charge in [-0.15, -0.1) is 0 Å². The van der Waals surface area contributed by atoms with Crippen LogP contribution in [0.25, 0.3) is 6.08 Å². The summed E-state index contributed by atoms with van der Waals surface area (Å²) in [6.45, 7) is -0.172. The number of esters is 1. The smallest absolute Gasteiger partial charge is 0.363 e. The largest absolute Gasteiger partial charge is 0.493 e. The van der Waals surface area contributed by atoms with E-state index >= 15 is 0 Å². The number of methoxy groups -OCH3 is 2. The van der Waals surface area contributed by atoms with Crippen LogP contribution in [0.5, 0.6) is 17.2 Å². The van der Waals surface area contributed by atoms with Gasteiger partial charge in [-0.3, -0.25) is 14.9 Å². The van der Waals surface area contributed by atoms with Gasteiger partial charge < -0.3 is 18.9 Å². The number of cyclic esters (lactones) is 1. The normalized spacial score (nSPS) is 13.7. The fourth-order valence-corrected chi connectivity index (χ4v) is 3.40. The number of carbonyl (C=O) groups is 2. The van der Waals surface area contributed by atoms with E-state index in [2.05, 4.69) is 4.99 Å². The molecule has 0 saturated carbocycles. The first-order valence-corrected chi connectivity index (χ1v) is 10.6. The number of nitro groups is 1. The second-order valence-corrected chi connectivity index (χ2v) is 7.47. The molecule has 3 aromatic rings. The molecule has 4 rings (SSSR count). The van der Waals surface area contributed by atoms with Crippen LogP contribution in [-0.4, -0.2) is 43.4 Å². The zero-order valence-electron chi connectivity index (χ0n) is 19.3. The number of aliphatic imine (C=N–C) groups is 1. The molecule has 10 nitrogen and oxygen atoms in total. The van der Waals surface area contributed by atoms with Crippen molar-refractivity contribution in [1.29, 1.82) is 0 Å². The highest BCUT2D eigenvalue weighted by molar-refractivity contribution is 6.13. The maximum atomic E-state index is 12.4. The van der Waals surface area contributed by atoms with Crippen LogP contribution in [0, 0.1) is 10.1 Å². The zero-order valence-corrected chi connectivity index (χ0v) is 19.3. The van der Waals surface area contributed by atoms with E-state index in [9.17, 15) is 19.7 Å². The molecule has 10 heteroatoms. The Morgan fingerprint density at radius 1 is 1.00 bits per heavy atom. The van der Waals surface area contributed by atoms with Crippen LogP contribution < -0.4 is 14.2 Å². The van der Waals surface area contributed by atoms with Crippen LogP contribution in [0.3, 0.4) is 0 Å². The fourth-order valence-electron chi connectivity index (χ4n) is 3.40. The Morgan fingerprint density at radius 3 is 2.42 bits per heavy atom. The van der Waals surface area contributed by atoms with Crippen molar-refractivity contribution in [2.45, 2.75) is 0 Å². The molecule has 182 valence electrons. The van der Waals surface area contributed by atoms with Gasteiger partial charge in [-0.1, -0.05) is 36.4 Å². The Balaban J connectivity index is 1.54. The lowest BCUT2D eigenvalue weighted by Gasteiger charge is -2.11. The van der Waals surface area contributed by atoms with Crippen LogP contribution in [-0.2, 0) is 9.53 Å². The van der Waals surface area contributed by atoms with Crippen molar-refractivity contribution in [2.24, 2.45) is 4.99 Å². The van der Waals surface area contributed by atoms with E-state index in [0.717, 1.165) is 0 Å². The number of nitro benzene ring substituents is 1. The molecule has 1 aliphatic heterocycles. The highest BCUT2D eigenvalue weighted by Gasteiger charge is 2.27. The third-order valence-corrected chi connectivity index (χ3v) is 5.19. The highest BCUT2D eigenvalue weighted by Crippen LogP contribution is 2.31. The number of ether oxygens (including phenoxy) is 4. The molecule has 0 N–H and O–H groups in total. The molecule has 0 bridgehead atoms. The Kier molecular flexibility index (Phi) is 7.05. The molecular weight excluding hydrogens is 468 g/mol. The number of Topliss-reactive ketones (excluding diaryl/α,β-unsaturated/α-hetero) is 1. The van der Waals surface area contributed by atoms with E-state index in [0.29, 0.717) is 22.6 Å². The summed E-state index contributed by atoms with van der Waals surface area (Å²) in [6.07, 6.45) is 1.48. The summed E-state index contributed by atoms with van der Waals surface area (Å²) in [5.74, 6) is -0.179. The van der Waals surface area contributed by atoms with Crippen LogP contribution in [0.4, 0.5) is 5.69 Å². The van der Waals surface area contributed by atoms with Crippen molar-refractivity contribution in [1.82, 2.24) is 0 Å². The quantitative estimate of drug-likeness (QED) is 0.144. The summed E-state index contributed by atoms with van der Waals surface area (Å²) < 4.78 is 21.2. The van der Waals surface area contributed by atoms with E-state index in [-0.39, 0.29) is 41.0 Å². The lowest BCUT2D eigenvalue weighted by Crippen LogP contribution is -2.11. The van der Waals surface area contributed by atoms with E-state index in [1.165, 1.54) is 38.5 Å².